The maximum Gasteiger partial charge on any atom is 2.00 e. The molecule has 0 N–H and O–H groups in total. The van der Waals surface area contributed by atoms with E-state index < -0.39 is 0 Å². The fourth-order valence-electron chi connectivity index (χ4n) is 2.42. The van der Waals surface area contributed by atoms with E-state index in [1.807, 2.05) is 0 Å². The molecule has 2 rings (SSSR count). The van der Waals surface area contributed by atoms with Crippen LogP contribution in [0, 0.1) is 19.9 Å². The van der Waals surface area contributed by atoms with E-state index in [9.17, 15) is 0 Å². The number of hydrogen-bond acceptors (Lipinski definition) is 2. The van der Waals surface area contributed by atoms with Gasteiger partial charge >= 0.3 is 21.1 Å². The van der Waals surface area contributed by atoms with E-state index in [0.717, 1.165) is 12.0 Å². The molecule has 90 valence electrons. The molecule has 0 aromatic carbocycles. The van der Waals surface area contributed by atoms with Crippen LogP contribution in [0.3, 0.4) is 0 Å². The molecule has 2 nitrogen and oxygen atoms in total. The van der Waals surface area contributed by atoms with Crippen molar-refractivity contribution in [1.29, 1.82) is 0 Å². The van der Waals surface area contributed by atoms with Crippen molar-refractivity contribution in [2.24, 2.45) is 5.92 Å². The van der Waals surface area contributed by atoms with Crippen molar-refractivity contribution >= 4 is 0 Å². The molecule has 0 saturated carbocycles. The van der Waals surface area contributed by atoms with E-state index in [1.165, 1.54) is 32.5 Å². The van der Waals surface area contributed by atoms with Gasteiger partial charge in [-0.3, -0.25) is 7.05 Å². The van der Waals surface area contributed by atoms with Gasteiger partial charge in [-0.25, -0.2) is 0 Å². The van der Waals surface area contributed by atoms with E-state index in [1.54, 1.807) is 6.92 Å². The Morgan fingerprint density at radius 3 is 2.27 bits per heavy atom. The van der Waals surface area contributed by atoms with Gasteiger partial charge in [0.15, 0.2) is 0 Å². The molecular weight excluding hydrogens is 356 g/mol. The zero-order valence-electron chi connectivity index (χ0n) is 9.41. The predicted octanol–water partition coefficient (Wildman–Crippen LogP) is 2.28. The summed E-state index contributed by atoms with van der Waals surface area (Å²) in [6.45, 7) is 8.68. The largest absolute Gasteiger partial charge is 2.00 e. The smallest absolute Gasteiger partial charge is 0.458 e. The Morgan fingerprint density at radius 1 is 1.13 bits per heavy atom. The van der Waals surface area contributed by atoms with Crippen molar-refractivity contribution in [2.45, 2.75) is 33.2 Å². The Bertz CT molecular complexity index is 153. The van der Waals surface area contributed by atoms with Gasteiger partial charge in [0.2, 0.25) is 0 Å². The Kier molecular flexibility index (Phi) is 10.5. The van der Waals surface area contributed by atoms with E-state index >= 15 is 0 Å². The fourth-order valence-corrected chi connectivity index (χ4v) is 2.42. The molecular formula is C12H26N2W. The summed E-state index contributed by atoms with van der Waals surface area (Å²) in [7, 11) is 6.24. The Labute approximate surface area is 111 Å². The van der Waals surface area contributed by atoms with E-state index in [2.05, 4.69) is 30.8 Å². The van der Waals surface area contributed by atoms with Crippen LogP contribution in [-0.2, 0) is 21.1 Å². The van der Waals surface area contributed by atoms with Crippen LogP contribution in [0.2, 0.25) is 0 Å². The number of rotatable bonds is 0. The summed E-state index contributed by atoms with van der Waals surface area (Å²) in [6.07, 6.45) is 2.77. The molecule has 0 aromatic heterocycles. The first-order chi connectivity index (χ1) is 6.27. The Hall–Kier alpha value is 0.608. The molecule has 0 radical (unpaired) electrons. The van der Waals surface area contributed by atoms with Crippen molar-refractivity contribution in [3.8, 4) is 0 Å². The summed E-state index contributed by atoms with van der Waals surface area (Å²) in [6, 6.07) is 0.807. The van der Waals surface area contributed by atoms with Crippen molar-refractivity contribution in [3.05, 3.63) is 14.0 Å². The minimum absolute atomic E-state index is 0. The van der Waals surface area contributed by atoms with E-state index in [4.69, 9.17) is 0 Å². The zero-order valence-corrected chi connectivity index (χ0v) is 12.3. The molecule has 2 saturated heterocycles. The van der Waals surface area contributed by atoms with Crippen LogP contribution in [0.15, 0.2) is 0 Å². The maximum absolute atomic E-state index is 4.00. The second-order valence-corrected chi connectivity index (χ2v) is 3.96. The van der Waals surface area contributed by atoms with Crippen LogP contribution >= 0.6 is 0 Å². The third-order valence-electron chi connectivity index (χ3n) is 3.22. The molecule has 0 spiro atoms. The van der Waals surface area contributed by atoms with Gasteiger partial charge in [0.25, 0.3) is 0 Å². The average Bonchev–Trinajstić information content (AvgIpc) is 2.52. The van der Waals surface area contributed by atoms with Crippen LogP contribution in [0.4, 0.5) is 0 Å². The quantitative estimate of drug-likeness (QED) is 0.594. The van der Waals surface area contributed by atoms with Crippen molar-refractivity contribution in [1.82, 2.24) is 9.80 Å². The van der Waals surface area contributed by atoms with Crippen molar-refractivity contribution in [3.63, 3.8) is 0 Å². The number of fused-ring (bicyclic) bond motifs is 1. The summed E-state index contributed by atoms with van der Waals surface area (Å²) in [4.78, 5) is 4.70. The molecule has 0 bridgehead atoms. The van der Waals surface area contributed by atoms with Gasteiger partial charge in [0.1, 0.15) is 0 Å². The van der Waals surface area contributed by atoms with Gasteiger partial charge in [0.05, 0.1) is 0 Å². The molecule has 2 heterocycles. The fraction of sp³-hybridized carbons (Fsp3) is 0.833. The third kappa shape index (κ3) is 4.54. The molecule has 0 unspecified atom stereocenters. The monoisotopic (exact) mass is 382 g/mol. The number of nitrogens with zero attached hydrogens (tertiary/aromatic N) is 2. The van der Waals surface area contributed by atoms with Crippen LogP contribution < -0.4 is 0 Å². The second kappa shape index (κ2) is 8.73. The second-order valence-electron chi connectivity index (χ2n) is 3.96. The number of hydrogen-bond donors (Lipinski definition) is 0. The SMILES string of the molecule is C.[CH2-]C.[CH2-]N1CC[C@@H]2CCN(C)[C@@H]2C1.[W+2]. The summed E-state index contributed by atoms with van der Waals surface area (Å²) < 4.78 is 0. The van der Waals surface area contributed by atoms with Gasteiger partial charge in [-0.15, -0.1) is 0 Å². The molecule has 2 atom stereocenters. The van der Waals surface area contributed by atoms with Gasteiger partial charge in [0, 0.05) is 6.04 Å². The minimum atomic E-state index is 0. The van der Waals surface area contributed by atoms with Crippen LogP contribution in [-0.4, -0.2) is 42.5 Å². The van der Waals surface area contributed by atoms with Crippen LogP contribution in [0.1, 0.15) is 27.2 Å². The third-order valence-corrected chi connectivity index (χ3v) is 3.22. The van der Waals surface area contributed by atoms with E-state index in [-0.39, 0.29) is 28.5 Å². The summed E-state index contributed by atoms with van der Waals surface area (Å²) >= 11 is 0. The first kappa shape index (κ1) is 18.0. The number of piperidine rings is 1. The first-order valence-electron chi connectivity index (χ1n) is 5.24. The van der Waals surface area contributed by atoms with E-state index in [0.29, 0.717) is 0 Å². The van der Waals surface area contributed by atoms with Crippen LogP contribution in [0.25, 0.3) is 0 Å². The minimum Gasteiger partial charge on any atom is -0.458 e. The average molecular weight is 382 g/mol. The molecule has 2 fully saturated rings. The maximum atomic E-state index is 4.00. The Balaban J connectivity index is 0. The van der Waals surface area contributed by atoms with Gasteiger partial charge < -0.3 is 16.7 Å². The zero-order chi connectivity index (χ0) is 9.84. The number of likely N-dealkylation sites (N-methyl/N-ethyl adjacent to an activating group) is 1. The standard InChI is InChI=1S/C9H17N2.C2H5.CH4.W/c1-10-5-3-8-4-6-11(2)9(8)7-10;1-2;;/h8-9H,1,3-7H2,2H3;1H2,2H3;1H4;/q2*-1;;+2/t8-,9-;;;/m1.../s1. The molecule has 15 heavy (non-hydrogen) atoms. The molecule has 2 aliphatic rings. The number of likely N-dealkylation sites (tertiary alicyclic amines) is 2. The summed E-state index contributed by atoms with van der Waals surface area (Å²) in [5, 5.41) is 0. The summed E-state index contributed by atoms with van der Waals surface area (Å²) in [5.74, 6) is 0.970. The first-order valence-corrected chi connectivity index (χ1v) is 5.24. The molecule has 0 aromatic rings. The predicted molar refractivity (Wildman–Crippen MR) is 63.8 cm³/mol. The van der Waals surface area contributed by atoms with Gasteiger partial charge in [-0.2, -0.15) is 6.92 Å². The molecule has 0 amide bonds. The van der Waals surface area contributed by atoms with Crippen LogP contribution in [0.5, 0.6) is 0 Å². The Morgan fingerprint density at radius 2 is 1.67 bits per heavy atom. The van der Waals surface area contributed by atoms with Crippen molar-refractivity contribution in [2.75, 3.05) is 26.7 Å². The molecule has 3 heteroatoms. The molecule has 0 aliphatic carbocycles. The van der Waals surface area contributed by atoms with Gasteiger partial charge in [-0.1, -0.05) is 7.43 Å². The van der Waals surface area contributed by atoms with Gasteiger partial charge in [-0.05, 0) is 45.4 Å². The molecule has 2 aliphatic heterocycles. The normalized spacial score (nSPS) is 30.4. The summed E-state index contributed by atoms with van der Waals surface area (Å²) in [5.41, 5.74) is 0. The van der Waals surface area contributed by atoms with Crippen molar-refractivity contribution < 1.29 is 21.1 Å². The topological polar surface area (TPSA) is 6.48 Å².